The van der Waals surface area contributed by atoms with Gasteiger partial charge in [0.05, 0.1) is 0 Å². The van der Waals surface area contributed by atoms with E-state index in [1.54, 1.807) is 0 Å². The van der Waals surface area contributed by atoms with Gasteiger partial charge in [-0.2, -0.15) is 11.8 Å². The predicted octanol–water partition coefficient (Wildman–Crippen LogP) is 1.61. The molecule has 2 nitrogen and oxygen atoms in total. The Labute approximate surface area is 71.0 Å². The second kappa shape index (κ2) is 4.44. The lowest BCUT2D eigenvalue weighted by atomic mass is 10.2. The molecule has 0 bridgehead atoms. The van der Waals surface area contributed by atoms with Gasteiger partial charge in [-0.25, -0.2) is 4.79 Å². The van der Waals surface area contributed by atoms with Gasteiger partial charge in [-0.05, 0) is 24.3 Å². The van der Waals surface area contributed by atoms with Crippen LogP contribution in [0.15, 0.2) is 12.7 Å². The van der Waals surface area contributed by atoms with E-state index in [4.69, 9.17) is 4.74 Å². The predicted molar refractivity (Wildman–Crippen MR) is 46.6 cm³/mol. The fraction of sp³-hybridized carbons (Fsp3) is 0.625. The van der Waals surface area contributed by atoms with Gasteiger partial charge >= 0.3 is 5.97 Å². The van der Waals surface area contributed by atoms with Crippen LogP contribution in [0.3, 0.4) is 0 Å². The van der Waals surface area contributed by atoms with Crippen LogP contribution in [-0.4, -0.2) is 23.6 Å². The molecule has 11 heavy (non-hydrogen) atoms. The summed E-state index contributed by atoms with van der Waals surface area (Å²) in [5.41, 5.74) is 0. The molecule has 1 aliphatic rings. The molecule has 62 valence electrons. The first-order valence-electron chi connectivity index (χ1n) is 3.73. The molecule has 1 saturated heterocycles. The van der Waals surface area contributed by atoms with Crippen molar-refractivity contribution in [2.24, 2.45) is 0 Å². The SMILES string of the molecule is C=CC(=O)OC1CCSCC1. The van der Waals surface area contributed by atoms with Crippen molar-refractivity contribution < 1.29 is 9.53 Å². The third-order valence-electron chi connectivity index (χ3n) is 1.62. The molecule has 3 heteroatoms. The number of ether oxygens (including phenoxy) is 1. The first-order chi connectivity index (χ1) is 5.33. The Morgan fingerprint density at radius 1 is 1.55 bits per heavy atom. The van der Waals surface area contributed by atoms with Crippen molar-refractivity contribution in [2.45, 2.75) is 18.9 Å². The van der Waals surface area contributed by atoms with E-state index in [1.807, 2.05) is 11.8 Å². The molecule has 0 aromatic carbocycles. The number of rotatable bonds is 2. The molecule has 1 aliphatic heterocycles. The molecule has 0 atom stereocenters. The Kier molecular flexibility index (Phi) is 3.49. The zero-order valence-electron chi connectivity index (χ0n) is 6.41. The van der Waals surface area contributed by atoms with Crippen LogP contribution in [0.4, 0.5) is 0 Å². The Bertz CT molecular complexity index is 150. The van der Waals surface area contributed by atoms with E-state index in [2.05, 4.69) is 6.58 Å². The van der Waals surface area contributed by atoms with Crippen molar-refractivity contribution in [1.29, 1.82) is 0 Å². The van der Waals surface area contributed by atoms with Crippen LogP contribution >= 0.6 is 11.8 Å². The van der Waals surface area contributed by atoms with Crippen LogP contribution in [0, 0.1) is 0 Å². The second-order valence-corrected chi connectivity index (χ2v) is 3.68. The number of carbonyl (C=O) groups excluding carboxylic acids is 1. The van der Waals surface area contributed by atoms with Crippen molar-refractivity contribution >= 4 is 17.7 Å². The lowest BCUT2D eigenvalue weighted by Gasteiger charge is -2.20. The summed E-state index contributed by atoms with van der Waals surface area (Å²) in [5, 5.41) is 0. The highest BCUT2D eigenvalue weighted by atomic mass is 32.2. The van der Waals surface area contributed by atoms with Crippen LogP contribution in [0.2, 0.25) is 0 Å². The summed E-state index contributed by atoms with van der Waals surface area (Å²) in [6, 6.07) is 0. The summed E-state index contributed by atoms with van der Waals surface area (Å²) in [6.07, 6.45) is 3.35. The first kappa shape index (κ1) is 8.65. The lowest BCUT2D eigenvalue weighted by molar-refractivity contribution is -0.143. The molecular formula is C8H12O2S. The highest BCUT2D eigenvalue weighted by Crippen LogP contribution is 2.19. The Hall–Kier alpha value is -0.440. The smallest absolute Gasteiger partial charge is 0.330 e. The largest absolute Gasteiger partial charge is 0.459 e. The van der Waals surface area contributed by atoms with E-state index in [0.29, 0.717) is 0 Å². The van der Waals surface area contributed by atoms with E-state index < -0.39 is 0 Å². The summed E-state index contributed by atoms with van der Waals surface area (Å²) < 4.78 is 5.07. The zero-order chi connectivity index (χ0) is 8.10. The van der Waals surface area contributed by atoms with Crippen molar-refractivity contribution in [1.82, 2.24) is 0 Å². The maximum absolute atomic E-state index is 10.7. The second-order valence-electron chi connectivity index (χ2n) is 2.45. The monoisotopic (exact) mass is 172 g/mol. The maximum atomic E-state index is 10.7. The Morgan fingerprint density at radius 3 is 2.73 bits per heavy atom. The summed E-state index contributed by atoms with van der Waals surface area (Å²) in [5.74, 6) is 1.92. The topological polar surface area (TPSA) is 26.3 Å². The number of carbonyl (C=O) groups is 1. The van der Waals surface area contributed by atoms with Crippen molar-refractivity contribution in [3.8, 4) is 0 Å². The van der Waals surface area contributed by atoms with E-state index in [0.717, 1.165) is 24.3 Å². The lowest BCUT2D eigenvalue weighted by Crippen LogP contribution is -2.21. The number of hydrogen-bond acceptors (Lipinski definition) is 3. The minimum atomic E-state index is -0.290. The quantitative estimate of drug-likeness (QED) is 0.467. The molecule has 0 aromatic heterocycles. The van der Waals surface area contributed by atoms with Gasteiger partial charge in [-0.3, -0.25) is 0 Å². The first-order valence-corrected chi connectivity index (χ1v) is 4.89. The van der Waals surface area contributed by atoms with E-state index >= 15 is 0 Å². The Morgan fingerprint density at radius 2 is 2.18 bits per heavy atom. The molecule has 0 saturated carbocycles. The molecule has 0 N–H and O–H groups in total. The minimum Gasteiger partial charge on any atom is -0.459 e. The van der Waals surface area contributed by atoms with Gasteiger partial charge in [0.1, 0.15) is 6.10 Å². The third kappa shape index (κ3) is 2.97. The molecule has 0 radical (unpaired) electrons. The summed E-state index contributed by atoms with van der Waals surface area (Å²) in [6.45, 7) is 3.35. The molecule has 0 aliphatic carbocycles. The van der Waals surface area contributed by atoms with Crippen LogP contribution in [-0.2, 0) is 9.53 Å². The standard InChI is InChI=1S/C8H12O2S/c1-2-8(9)10-7-3-5-11-6-4-7/h2,7H,1,3-6H2. The van der Waals surface area contributed by atoms with Gasteiger partial charge in [-0.15, -0.1) is 0 Å². The average molecular weight is 172 g/mol. The van der Waals surface area contributed by atoms with Crippen molar-refractivity contribution in [3.63, 3.8) is 0 Å². The molecule has 0 aromatic rings. The van der Waals surface area contributed by atoms with E-state index in [-0.39, 0.29) is 12.1 Å². The van der Waals surface area contributed by atoms with Gasteiger partial charge < -0.3 is 4.74 Å². The fourth-order valence-corrected chi connectivity index (χ4v) is 2.07. The maximum Gasteiger partial charge on any atom is 0.330 e. The van der Waals surface area contributed by atoms with Crippen molar-refractivity contribution in [2.75, 3.05) is 11.5 Å². The zero-order valence-corrected chi connectivity index (χ0v) is 7.23. The third-order valence-corrected chi connectivity index (χ3v) is 2.67. The van der Waals surface area contributed by atoms with Gasteiger partial charge in [0.2, 0.25) is 0 Å². The highest BCUT2D eigenvalue weighted by molar-refractivity contribution is 7.99. The van der Waals surface area contributed by atoms with Crippen LogP contribution < -0.4 is 0 Å². The number of hydrogen-bond donors (Lipinski definition) is 0. The summed E-state index contributed by atoms with van der Waals surface area (Å²) >= 11 is 1.92. The van der Waals surface area contributed by atoms with Gasteiger partial charge in [0.25, 0.3) is 0 Å². The van der Waals surface area contributed by atoms with Gasteiger partial charge in [0, 0.05) is 6.08 Å². The molecular weight excluding hydrogens is 160 g/mol. The molecule has 1 fully saturated rings. The molecule has 0 spiro atoms. The van der Waals surface area contributed by atoms with Crippen LogP contribution in [0.5, 0.6) is 0 Å². The normalized spacial score (nSPS) is 19.3. The molecule has 0 amide bonds. The van der Waals surface area contributed by atoms with Crippen LogP contribution in [0.1, 0.15) is 12.8 Å². The van der Waals surface area contributed by atoms with Gasteiger partial charge in [-0.1, -0.05) is 6.58 Å². The summed E-state index contributed by atoms with van der Waals surface area (Å²) in [4.78, 5) is 10.7. The molecule has 1 heterocycles. The molecule has 1 rings (SSSR count). The number of esters is 1. The summed E-state index contributed by atoms with van der Waals surface area (Å²) in [7, 11) is 0. The van der Waals surface area contributed by atoms with Crippen molar-refractivity contribution in [3.05, 3.63) is 12.7 Å². The van der Waals surface area contributed by atoms with E-state index in [9.17, 15) is 4.79 Å². The van der Waals surface area contributed by atoms with E-state index in [1.165, 1.54) is 6.08 Å². The fourth-order valence-electron chi connectivity index (χ4n) is 1.01. The minimum absolute atomic E-state index is 0.141. The van der Waals surface area contributed by atoms with Gasteiger partial charge in [0.15, 0.2) is 0 Å². The Balaban J connectivity index is 2.24. The van der Waals surface area contributed by atoms with Crippen LogP contribution in [0.25, 0.3) is 0 Å². The average Bonchev–Trinajstić information content (AvgIpc) is 2.06. The molecule has 0 unspecified atom stereocenters. The highest BCUT2D eigenvalue weighted by Gasteiger charge is 2.15. The number of thioether (sulfide) groups is 1.